The summed E-state index contributed by atoms with van der Waals surface area (Å²) in [6.07, 6.45) is 0.720. The van der Waals surface area contributed by atoms with E-state index in [2.05, 4.69) is 19.2 Å². The number of hydrogen-bond donors (Lipinski definition) is 1. The molecule has 0 bridgehead atoms. The van der Waals surface area contributed by atoms with Gasteiger partial charge in [-0.2, -0.15) is 0 Å². The number of nitrogens with one attached hydrogen (secondary N) is 1. The quantitative estimate of drug-likeness (QED) is 0.412. The van der Waals surface area contributed by atoms with Crippen LogP contribution in [0.5, 0.6) is 11.5 Å². The standard InChI is InChI=1S/C27H32N2O5S/c1-20(2)17-24(21-11-7-5-8-12-21)28-27(30)19-29(35(31,32)23-13-9-6-10-14-23)22-15-16-25(33-3)26(18-22)34-4/h5-16,18,20,24H,17,19H2,1-4H3,(H,28,30)/t24-/m1/s1. The molecule has 0 saturated carbocycles. The number of benzene rings is 3. The predicted molar refractivity (Wildman–Crippen MR) is 137 cm³/mol. The summed E-state index contributed by atoms with van der Waals surface area (Å²) in [7, 11) is -1.07. The first-order valence-electron chi connectivity index (χ1n) is 11.4. The summed E-state index contributed by atoms with van der Waals surface area (Å²) in [6.45, 7) is 3.77. The van der Waals surface area contributed by atoms with Crippen molar-refractivity contribution >= 4 is 21.6 Å². The largest absolute Gasteiger partial charge is 0.493 e. The molecule has 0 fully saturated rings. The van der Waals surface area contributed by atoms with Crippen LogP contribution in [0.15, 0.2) is 83.8 Å². The summed E-state index contributed by atoms with van der Waals surface area (Å²) < 4.78 is 39.0. The highest BCUT2D eigenvalue weighted by Crippen LogP contribution is 2.34. The number of nitrogens with zero attached hydrogens (tertiary/aromatic N) is 1. The molecule has 3 aromatic carbocycles. The Balaban J connectivity index is 1.97. The lowest BCUT2D eigenvalue weighted by Gasteiger charge is -2.27. The highest BCUT2D eigenvalue weighted by Gasteiger charge is 2.29. The van der Waals surface area contributed by atoms with Gasteiger partial charge < -0.3 is 14.8 Å². The number of carbonyl (C=O) groups excluding carboxylic acids is 1. The van der Waals surface area contributed by atoms with Crippen LogP contribution in [-0.2, 0) is 14.8 Å². The average Bonchev–Trinajstić information content (AvgIpc) is 2.87. The van der Waals surface area contributed by atoms with Gasteiger partial charge in [0.2, 0.25) is 5.91 Å². The first-order valence-corrected chi connectivity index (χ1v) is 12.8. The van der Waals surface area contributed by atoms with Gasteiger partial charge in [0.25, 0.3) is 10.0 Å². The summed E-state index contributed by atoms with van der Waals surface area (Å²) in [5.74, 6) is 0.740. The van der Waals surface area contributed by atoms with Crippen molar-refractivity contribution in [2.24, 2.45) is 5.92 Å². The molecular weight excluding hydrogens is 464 g/mol. The molecule has 35 heavy (non-hydrogen) atoms. The van der Waals surface area contributed by atoms with Crippen molar-refractivity contribution in [1.29, 1.82) is 0 Å². The fourth-order valence-corrected chi connectivity index (χ4v) is 5.25. The number of hydrogen-bond acceptors (Lipinski definition) is 5. The van der Waals surface area contributed by atoms with Gasteiger partial charge in [0.1, 0.15) is 6.54 Å². The summed E-state index contributed by atoms with van der Waals surface area (Å²) in [5, 5.41) is 3.04. The number of anilines is 1. The second-order valence-electron chi connectivity index (χ2n) is 8.52. The number of amides is 1. The van der Waals surface area contributed by atoms with Crippen LogP contribution in [0.3, 0.4) is 0 Å². The monoisotopic (exact) mass is 496 g/mol. The third kappa shape index (κ3) is 6.54. The van der Waals surface area contributed by atoms with Gasteiger partial charge in [0.05, 0.1) is 30.8 Å². The molecule has 0 aliphatic heterocycles. The van der Waals surface area contributed by atoms with E-state index in [-0.39, 0.29) is 10.9 Å². The molecule has 7 nitrogen and oxygen atoms in total. The van der Waals surface area contributed by atoms with Crippen LogP contribution in [-0.4, -0.2) is 35.1 Å². The zero-order chi connectivity index (χ0) is 25.4. The molecule has 0 aliphatic carbocycles. The van der Waals surface area contributed by atoms with E-state index >= 15 is 0 Å². The minimum atomic E-state index is -4.04. The molecule has 0 saturated heterocycles. The van der Waals surface area contributed by atoms with Crippen LogP contribution in [0, 0.1) is 5.92 Å². The Hall–Kier alpha value is -3.52. The summed E-state index contributed by atoms with van der Waals surface area (Å²) in [4.78, 5) is 13.4. The molecule has 186 valence electrons. The zero-order valence-electron chi connectivity index (χ0n) is 20.5. The van der Waals surface area contributed by atoms with Crippen molar-refractivity contribution in [2.75, 3.05) is 25.1 Å². The minimum absolute atomic E-state index is 0.0874. The molecule has 8 heteroatoms. The second-order valence-corrected chi connectivity index (χ2v) is 10.4. The van der Waals surface area contributed by atoms with Crippen LogP contribution in [0.25, 0.3) is 0 Å². The lowest BCUT2D eigenvalue weighted by Crippen LogP contribution is -2.42. The van der Waals surface area contributed by atoms with Crippen molar-refractivity contribution in [2.45, 2.75) is 31.2 Å². The predicted octanol–water partition coefficient (Wildman–Crippen LogP) is 4.80. The Bertz CT molecular complexity index is 1210. The van der Waals surface area contributed by atoms with Gasteiger partial charge in [-0.3, -0.25) is 9.10 Å². The number of carbonyl (C=O) groups is 1. The summed E-state index contributed by atoms with van der Waals surface area (Å²) in [6, 6.07) is 22.2. The highest BCUT2D eigenvalue weighted by molar-refractivity contribution is 7.92. The van der Waals surface area contributed by atoms with Gasteiger partial charge in [0, 0.05) is 6.07 Å². The zero-order valence-corrected chi connectivity index (χ0v) is 21.3. The van der Waals surface area contributed by atoms with E-state index in [1.807, 2.05) is 30.3 Å². The molecule has 3 rings (SSSR count). The Kier molecular flexibility index (Phi) is 8.76. The van der Waals surface area contributed by atoms with Crippen molar-refractivity contribution in [3.05, 3.63) is 84.4 Å². The van der Waals surface area contributed by atoms with Crippen molar-refractivity contribution < 1.29 is 22.7 Å². The van der Waals surface area contributed by atoms with Gasteiger partial charge in [-0.15, -0.1) is 0 Å². The molecular formula is C27H32N2O5S. The molecule has 0 spiro atoms. The fourth-order valence-electron chi connectivity index (χ4n) is 3.82. The maximum absolute atomic E-state index is 13.6. The van der Waals surface area contributed by atoms with Crippen molar-refractivity contribution in [1.82, 2.24) is 5.32 Å². The Morgan fingerprint density at radius 3 is 2.06 bits per heavy atom. The van der Waals surface area contributed by atoms with Gasteiger partial charge in [-0.25, -0.2) is 8.42 Å². The van der Waals surface area contributed by atoms with Gasteiger partial charge >= 0.3 is 0 Å². The molecule has 0 aliphatic rings. The fraction of sp³-hybridized carbons (Fsp3) is 0.296. The Labute approximate surface area is 207 Å². The van der Waals surface area contributed by atoms with Gasteiger partial charge in [-0.1, -0.05) is 62.4 Å². The molecule has 1 atom stereocenters. The lowest BCUT2D eigenvalue weighted by atomic mass is 9.97. The van der Waals surface area contributed by atoms with Gasteiger partial charge in [-0.05, 0) is 42.2 Å². The molecule has 3 aromatic rings. The molecule has 0 radical (unpaired) electrons. The summed E-state index contributed by atoms with van der Waals surface area (Å²) >= 11 is 0. The topological polar surface area (TPSA) is 84.9 Å². The lowest BCUT2D eigenvalue weighted by molar-refractivity contribution is -0.120. The van der Waals surface area contributed by atoms with E-state index in [1.54, 1.807) is 36.4 Å². The second kappa shape index (κ2) is 11.8. The van der Waals surface area contributed by atoms with Crippen LogP contribution in [0.1, 0.15) is 31.9 Å². The van der Waals surface area contributed by atoms with E-state index in [1.165, 1.54) is 26.4 Å². The Morgan fingerprint density at radius 2 is 1.49 bits per heavy atom. The molecule has 1 N–H and O–H groups in total. The maximum atomic E-state index is 13.6. The SMILES string of the molecule is COc1ccc(N(CC(=O)N[C@H](CC(C)C)c2ccccc2)S(=O)(=O)c2ccccc2)cc1OC. The van der Waals surface area contributed by atoms with E-state index in [0.717, 1.165) is 16.3 Å². The smallest absolute Gasteiger partial charge is 0.264 e. The van der Waals surface area contributed by atoms with E-state index < -0.39 is 22.5 Å². The molecule has 0 aromatic heterocycles. The van der Waals surface area contributed by atoms with E-state index in [9.17, 15) is 13.2 Å². The first kappa shape index (κ1) is 26.1. The number of sulfonamides is 1. The number of ether oxygens (including phenoxy) is 2. The van der Waals surface area contributed by atoms with E-state index in [4.69, 9.17) is 9.47 Å². The third-order valence-corrected chi connectivity index (χ3v) is 7.31. The maximum Gasteiger partial charge on any atom is 0.264 e. The van der Waals surface area contributed by atoms with Crippen LogP contribution in [0.2, 0.25) is 0 Å². The Morgan fingerprint density at radius 1 is 0.886 bits per heavy atom. The van der Waals surface area contributed by atoms with Gasteiger partial charge in [0.15, 0.2) is 11.5 Å². The van der Waals surface area contributed by atoms with Crippen molar-refractivity contribution in [3.63, 3.8) is 0 Å². The summed E-state index contributed by atoms with van der Waals surface area (Å²) in [5.41, 5.74) is 1.26. The highest BCUT2D eigenvalue weighted by atomic mass is 32.2. The first-order chi connectivity index (χ1) is 16.8. The third-order valence-electron chi connectivity index (χ3n) is 5.52. The minimum Gasteiger partial charge on any atom is -0.493 e. The molecule has 0 unspecified atom stereocenters. The number of rotatable bonds is 11. The molecule has 1 amide bonds. The van der Waals surface area contributed by atoms with Crippen LogP contribution >= 0.6 is 0 Å². The molecule has 0 heterocycles. The van der Waals surface area contributed by atoms with Crippen LogP contribution in [0.4, 0.5) is 5.69 Å². The van der Waals surface area contributed by atoms with Crippen molar-refractivity contribution in [3.8, 4) is 11.5 Å². The normalized spacial score (nSPS) is 12.1. The van der Waals surface area contributed by atoms with Crippen LogP contribution < -0.4 is 19.1 Å². The average molecular weight is 497 g/mol. The number of methoxy groups -OCH3 is 2. The van der Waals surface area contributed by atoms with E-state index in [0.29, 0.717) is 23.1 Å².